The van der Waals surface area contributed by atoms with Gasteiger partial charge in [-0.05, 0) is 24.1 Å². The minimum absolute atomic E-state index is 0.166. The van der Waals surface area contributed by atoms with E-state index in [4.69, 9.17) is 4.74 Å². The summed E-state index contributed by atoms with van der Waals surface area (Å²) in [5.41, 5.74) is 1.15. The molecule has 0 aliphatic carbocycles. The first-order chi connectivity index (χ1) is 6.77. The number of aliphatic hydroxyl groups is 1. The first-order valence-corrected chi connectivity index (χ1v) is 5.42. The van der Waals surface area contributed by atoms with Crippen molar-refractivity contribution >= 4 is 15.9 Å². The van der Waals surface area contributed by atoms with E-state index in [0.29, 0.717) is 6.61 Å². The van der Waals surface area contributed by atoms with Crippen LogP contribution >= 0.6 is 15.9 Å². The van der Waals surface area contributed by atoms with Crippen molar-refractivity contribution in [3.8, 4) is 0 Å². The molecule has 0 saturated heterocycles. The number of rotatable bonds is 5. The fourth-order valence-electron chi connectivity index (χ4n) is 1.38. The van der Waals surface area contributed by atoms with Gasteiger partial charge in [0.05, 0.1) is 6.61 Å². The molecular formula is C11H15BrO2. The third kappa shape index (κ3) is 3.40. The van der Waals surface area contributed by atoms with E-state index in [1.54, 1.807) is 7.11 Å². The van der Waals surface area contributed by atoms with Crippen LogP contribution in [0, 0.1) is 0 Å². The molecule has 1 atom stereocenters. The van der Waals surface area contributed by atoms with Crippen molar-refractivity contribution in [1.82, 2.24) is 0 Å². The number of ether oxygens (including phenoxy) is 1. The summed E-state index contributed by atoms with van der Waals surface area (Å²) in [6.07, 6.45) is 0.851. The van der Waals surface area contributed by atoms with Crippen LogP contribution in [0.15, 0.2) is 28.7 Å². The van der Waals surface area contributed by atoms with Crippen molar-refractivity contribution < 1.29 is 9.84 Å². The molecule has 0 saturated carbocycles. The third-order valence-electron chi connectivity index (χ3n) is 2.21. The lowest BCUT2D eigenvalue weighted by molar-refractivity contribution is 0.169. The summed E-state index contributed by atoms with van der Waals surface area (Å²) in [7, 11) is 1.68. The van der Waals surface area contributed by atoms with Gasteiger partial charge >= 0.3 is 0 Å². The van der Waals surface area contributed by atoms with E-state index >= 15 is 0 Å². The fraction of sp³-hybridized carbons (Fsp3) is 0.455. The summed E-state index contributed by atoms with van der Waals surface area (Å²) >= 11 is 3.41. The highest BCUT2D eigenvalue weighted by atomic mass is 79.9. The van der Waals surface area contributed by atoms with E-state index in [2.05, 4.69) is 15.9 Å². The van der Waals surface area contributed by atoms with Gasteiger partial charge in [0.2, 0.25) is 0 Å². The summed E-state index contributed by atoms with van der Waals surface area (Å²) in [6, 6.07) is 8.03. The lowest BCUT2D eigenvalue weighted by Crippen LogP contribution is -2.07. The molecule has 0 radical (unpaired) electrons. The highest BCUT2D eigenvalue weighted by Gasteiger charge is 2.09. The maximum atomic E-state index is 9.23. The fourth-order valence-corrected chi connectivity index (χ4v) is 1.80. The summed E-state index contributed by atoms with van der Waals surface area (Å²) in [5, 5.41) is 9.23. The Morgan fingerprint density at radius 2 is 2.29 bits per heavy atom. The Morgan fingerprint density at radius 1 is 1.50 bits per heavy atom. The van der Waals surface area contributed by atoms with E-state index in [-0.39, 0.29) is 12.5 Å². The van der Waals surface area contributed by atoms with Crippen LogP contribution in [0.1, 0.15) is 17.9 Å². The Bertz CT molecular complexity index is 276. The number of hydrogen-bond acceptors (Lipinski definition) is 2. The lowest BCUT2D eigenvalue weighted by Gasteiger charge is -2.14. The number of benzene rings is 1. The van der Waals surface area contributed by atoms with Crippen LogP contribution in [0.3, 0.4) is 0 Å². The largest absolute Gasteiger partial charge is 0.396 e. The number of aliphatic hydroxyl groups excluding tert-OH is 1. The molecule has 0 amide bonds. The highest BCUT2D eigenvalue weighted by Crippen LogP contribution is 2.22. The van der Waals surface area contributed by atoms with Crippen LogP contribution in [0.2, 0.25) is 0 Å². The molecule has 78 valence electrons. The van der Waals surface area contributed by atoms with Gasteiger partial charge in [0.15, 0.2) is 0 Å². The standard InChI is InChI=1S/C11H15BrO2/c1-14-6-5-10(8-13)9-3-2-4-11(12)7-9/h2-4,7,10,13H,5-6,8H2,1H3. The van der Waals surface area contributed by atoms with Crippen LogP contribution in [-0.4, -0.2) is 25.4 Å². The highest BCUT2D eigenvalue weighted by molar-refractivity contribution is 9.10. The molecule has 1 aromatic rings. The molecule has 0 heterocycles. The Hall–Kier alpha value is -0.380. The molecule has 0 aliphatic heterocycles. The van der Waals surface area contributed by atoms with E-state index in [1.807, 2.05) is 24.3 Å². The second-order valence-corrected chi connectivity index (χ2v) is 4.13. The monoisotopic (exact) mass is 258 g/mol. The van der Waals surface area contributed by atoms with Crippen molar-refractivity contribution in [3.63, 3.8) is 0 Å². The quantitative estimate of drug-likeness (QED) is 0.880. The predicted octanol–water partition coefficient (Wildman–Crippen LogP) is 2.56. The van der Waals surface area contributed by atoms with E-state index in [1.165, 1.54) is 0 Å². The normalized spacial score (nSPS) is 12.8. The molecule has 1 unspecified atom stereocenters. The van der Waals surface area contributed by atoms with Crippen LogP contribution < -0.4 is 0 Å². The maximum absolute atomic E-state index is 9.23. The van der Waals surface area contributed by atoms with Gasteiger partial charge in [0.1, 0.15) is 0 Å². The van der Waals surface area contributed by atoms with Crippen molar-refractivity contribution in [1.29, 1.82) is 0 Å². The average Bonchev–Trinajstić information content (AvgIpc) is 2.19. The van der Waals surface area contributed by atoms with E-state index in [9.17, 15) is 5.11 Å². The van der Waals surface area contributed by atoms with E-state index in [0.717, 1.165) is 16.5 Å². The molecule has 0 aromatic heterocycles. The molecule has 1 rings (SSSR count). The maximum Gasteiger partial charge on any atom is 0.0500 e. The number of methoxy groups -OCH3 is 1. The van der Waals surface area contributed by atoms with Gasteiger partial charge in [-0.1, -0.05) is 28.1 Å². The topological polar surface area (TPSA) is 29.5 Å². The number of hydrogen-bond donors (Lipinski definition) is 1. The second-order valence-electron chi connectivity index (χ2n) is 3.22. The Balaban J connectivity index is 2.68. The predicted molar refractivity (Wildman–Crippen MR) is 60.5 cm³/mol. The zero-order valence-corrected chi connectivity index (χ0v) is 9.83. The van der Waals surface area contributed by atoms with Crippen molar-refractivity contribution in [3.05, 3.63) is 34.3 Å². The van der Waals surface area contributed by atoms with Gasteiger partial charge in [0, 0.05) is 24.1 Å². The van der Waals surface area contributed by atoms with E-state index < -0.39 is 0 Å². The second kappa shape index (κ2) is 6.17. The first-order valence-electron chi connectivity index (χ1n) is 4.63. The zero-order chi connectivity index (χ0) is 10.4. The van der Waals surface area contributed by atoms with Crippen LogP contribution in [0.4, 0.5) is 0 Å². The minimum Gasteiger partial charge on any atom is -0.396 e. The Kier molecular flexibility index (Phi) is 5.15. The molecule has 1 N–H and O–H groups in total. The summed E-state index contributed by atoms with van der Waals surface area (Å²) in [5.74, 6) is 0.174. The molecule has 14 heavy (non-hydrogen) atoms. The molecule has 3 heteroatoms. The first kappa shape index (κ1) is 11.7. The van der Waals surface area contributed by atoms with Gasteiger partial charge in [0.25, 0.3) is 0 Å². The van der Waals surface area contributed by atoms with Gasteiger partial charge in [-0.3, -0.25) is 0 Å². The summed E-state index contributed by atoms with van der Waals surface area (Å²) in [4.78, 5) is 0. The van der Waals surface area contributed by atoms with Crippen molar-refractivity contribution in [2.45, 2.75) is 12.3 Å². The SMILES string of the molecule is COCCC(CO)c1cccc(Br)c1. The molecule has 0 aliphatic rings. The van der Waals surface area contributed by atoms with Gasteiger partial charge in [-0.15, -0.1) is 0 Å². The number of halogens is 1. The average molecular weight is 259 g/mol. The molecule has 0 spiro atoms. The van der Waals surface area contributed by atoms with Crippen molar-refractivity contribution in [2.24, 2.45) is 0 Å². The van der Waals surface area contributed by atoms with Crippen LogP contribution in [0.25, 0.3) is 0 Å². The van der Waals surface area contributed by atoms with Crippen LogP contribution in [-0.2, 0) is 4.74 Å². The molecule has 2 nitrogen and oxygen atoms in total. The lowest BCUT2D eigenvalue weighted by atomic mass is 9.97. The van der Waals surface area contributed by atoms with Gasteiger partial charge < -0.3 is 9.84 Å². The summed E-state index contributed by atoms with van der Waals surface area (Å²) in [6.45, 7) is 0.845. The smallest absolute Gasteiger partial charge is 0.0500 e. The Morgan fingerprint density at radius 3 is 2.86 bits per heavy atom. The molecule has 1 aromatic carbocycles. The third-order valence-corrected chi connectivity index (χ3v) is 2.70. The molecular weight excluding hydrogens is 244 g/mol. The molecule has 0 fully saturated rings. The van der Waals surface area contributed by atoms with Gasteiger partial charge in [-0.2, -0.15) is 0 Å². The Labute approximate surface area is 93.0 Å². The zero-order valence-electron chi connectivity index (χ0n) is 8.24. The van der Waals surface area contributed by atoms with Crippen molar-refractivity contribution in [2.75, 3.05) is 20.3 Å². The summed E-state index contributed by atoms with van der Waals surface area (Å²) < 4.78 is 6.05. The van der Waals surface area contributed by atoms with Gasteiger partial charge in [-0.25, -0.2) is 0 Å². The minimum atomic E-state index is 0.166. The van der Waals surface area contributed by atoms with Crippen LogP contribution in [0.5, 0.6) is 0 Å². The molecule has 0 bridgehead atoms.